The molecule has 0 aliphatic rings. The van der Waals surface area contributed by atoms with Crippen molar-refractivity contribution in [2.75, 3.05) is 11.1 Å². The standard InChI is InChI=1S/C20H15N5O/c21-19-18-15(4-3-5-16(18)23-12-24-19)13-7-9-14(10-8-13)20(26)25-17-6-1-2-11-22-17/h1-12H,(H2,21,23,24)(H,22,25,26). The minimum atomic E-state index is -0.212. The van der Waals surface area contributed by atoms with Crippen LogP contribution in [0.25, 0.3) is 22.0 Å². The number of nitrogens with zero attached hydrogens (tertiary/aromatic N) is 3. The van der Waals surface area contributed by atoms with Crippen LogP contribution in [0.15, 0.2) is 73.2 Å². The van der Waals surface area contributed by atoms with Crippen LogP contribution >= 0.6 is 0 Å². The highest BCUT2D eigenvalue weighted by atomic mass is 16.1. The van der Waals surface area contributed by atoms with Crippen LogP contribution in [-0.4, -0.2) is 20.9 Å². The zero-order valence-corrected chi connectivity index (χ0v) is 13.8. The van der Waals surface area contributed by atoms with Crippen LogP contribution in [-0.2, 0) is 0 Å². The van der Waals surface area contributed by atoms with E-state index in [1.807, 2.05) is 36.4 Å². The van der Waals surface area contributed by atoms with Crippen molar-refractivity contribution in [3.63, 3.8) is 0 Å². The second-order valence-electron chi connectivity index (χ2n) is 5.71. The first kappa shape index (κ1) is 15.7. The molecule has 0 fully saturated rings. The number of hydrogen-bond acceptors (Lipinski definition) is 5. The molecule has 0 saturated heterocycles. The first-order valence-corrected chi connectivity index (χ1v) is 8.04. The Morgan fingerprint density at radius 2 is 1.73 bits per heavy atom. The van der Waals surface area contributed by atoms with E-state index in [2.05, 4.69) is 20.3 Å². The number of hydrogen-bond donors (Lipinski definition) is 2. The Morgan fingerprint density at radius 3 is 2.50 bits per heavy atom. The largest absolute Gasteiger partial charge is 0.383 e. The molecule has 0 aliphatic carbocycles. The molecule has 2 heterocycles. The predicted octanol–water partition coefficient (Wildman–Crippen LogP) is 3.53. The van der Waals surface area contributed by atoms with Gasteiger partial charge in [0.25, 0.3) is 5.91 Å². The van der Waals surface area contributed by atoms with E-state index >= 15 is 0 Å². The lowest BCUT2D eigenvalue weighted by Gasteiger charge is -2.09. The molecule has 0 aliphatic heterocycles. The van der Waals surface area contributed by atoms with Crippen molar-refractivity contribution in [3.8, 4) is 11.1 Å². The number of carbonyl (C=O) groups is 1. The number of anilines is 2. The van der Waals surface area contributed by atoms with E-state index in [9.17, 15) is 4.79 Å². The first-order valence-electron chi connectivity index (χ1n) is 8.04. The van der Waals surface area contributed by atoms with Crippen molar-refractivity contribution in [1.82, 2.24) is 15.0 Å². The van der Waals surface area contributed by atoms with E-state index in [1.165, 1.54) is 6.33 Å². The van der Waals surface area contributed by atoms with Gasteiger partial charge < -0.3 is 11.1 Å². The Bertz CT molecular complexity index is 1070. The quantitative estimate of drug-likeness (QED) is 0.594. The molecular formula is C20H15N5O. The van der Waals surface area contributed by atoms with Crippen LogP contribution in [0, 0.1) is 0 Å². The van der Waals surface area contributed by atoms with Gasteiger partial charge in [0.2, 0.25) is 0 Å². The summed E-state index contributed by atoms with van der Waals surface area (Å²) in [5, 5.41) is 3.57. The van der Waals surface area contributed by atoms with Gasteiger partial charge in [0.1, 0.15) is 18.0 Å². The molecule has 2 aromatic heterocycles. The Hall–Kier alpha value is -3.80. The summed E-state index contributed by atoms with van der Waals surface area (Å²) in [4.78, 5) is 24.8. The maximum Gasteiger partial charge on any atom is 0.256 e. The highest BCUT2D eigenvalue weighted by Gasteiger charge is 2.10. The second kappa shape index (κ2) is 6.60. The SMILES string of the molecule is Nc1ncnc2cccc(-c3ccc(C(=O)Nc4ccccn4)cc3)c12. The third-order valence-corrected chi connectivity index (χ3v) is 4.06. The maximum atomic E-state index is 12.3. The molecule has 126 valence electrons. The third kappa shape index (κ3) is 2.95. The molecule has 0 atom stereocenters. The number of nitrogens with two attached hydrogens (primary N) is 1. The molecule has 3 N–H and O–H groups in total. The molecule has 0 radical (unpaired) electrons. The summed E-state index contributed by atoms with van der Waals surface area (Å²) in [7, 11) is 0. The van der Waals surface area contributed by atoms with Crippen LogP contribution < -0.4 is 11.1 Å². The highest BCUT2D eigenvalue weighted by molar-refractivity contribution is 6.05. The van der Waals surface area contributed by atoms with Crippen molar-refractivity contribution in [3.05, 3.63) is 78.8 Å². The van der Waals surface area contributed by atoms with Crippen LogP contribution in [0.3, 0.4) is 0 Å². The van der Waals surface area contributed by atoms with Gasteiger partial charge in [-0.3, -0.25) is 4.79 Å². The molecule has 0 spiro atoms. The number of nitrogen functional groups attached to an aromatic ring is 1. The maximum absolute atomic E-state index is 12.3. The van der Waals surface area contributed by atoms with E-state index in [-0.39, 0.29) is 5.91 Å². The van der Waals surface area contributed by atoms with Crippen molar-refractivity contribution < 1.29 is 4.79 Å². The van der Waals surface area contributed by atoms with Gasteiger partial charge in [-0.1, -0.05) is 30.3 Å². The molecule has 4 rings (SSSR count). The summed E-state index contributed by atoms with van der Waals surface area (Å²) in [6.07, 6.45) is 3.08. The van der Waals surface area contributed by atoms with Gasteiger partial charge in [0, 0.05) is 11.8 Å². The number of benzene rings is 2. The van der Waals surface area contributed by atoms with Gasteiger partial charge in [0.15, 0.2) is 0 Å². The summed E-state index contributed by atoms with van der Waals surface area (Å²) in [5.41, 5.74) is 9.23. The normalized spacial score (nSPS) is 10.6. The number of nitrogens with one attached hydrogen (secondary N) is 1. The lowest BCUT2D eigenvalue weighted by Crippen LogP contribution is -2.12. The summed E-state index contributed by atoms with van der Waals surface area (Å²) < 4.78 is 0. The molecule has 6 nitrogen and oxygen atoms in total. The lowest BCUT2D eigenvalue weighted by molar-refractivity contribution is 0.102. The Balaban J connectivity index is 1.66. The van der Waals surface area contributed by atoms with Gasteiger partial charge in [-0.15, -0.1) is 0 Å². The summed E-state index contributed by atoms with van der Waals surface area (Å²) in [6.45, 7) is 0. The molecule has 0 bridgehead atoms. The fraction of sp³-hybridized carbons (Fsp3) is 0. The number of aromatic nitrogens is 3. The molecule has 4 aromatic rings. The average molecular weight is 341 g/mol. The van der Waals surface area contributed by atoms with E-state index in [4.69, 9.17) is 5.73 Å². The molecule has 1 amide bonds. The van der Waals surface area contributed by atoms with E-state index in [1.54, 1.807) is 30.5 Å². The van der Waals surface area contributed by atoms with Crippen LogP contribution in [0.2, 0.25) is 0 Å². The van der Waals surface area contributed by atoms with E-state index in [0.29, 0.717) is 17.2 Å². The van der Waals surface area contributed by atoms with Gasteiger partial charge >= 0.3 is 0 Å². The van der Waals surface area contributed by atoms with Gasteiger partial charge in [-0.05, 0) is 41.5 Å². The number of amides is 1. The van der Waals surface area contributed by atoms with Gasteiger partial charge in [0.05, 0.1) is 10.9 Å². The van der Waals surface area contributed by atoms with E-state index < -0.39 is 0 Å². The fourth-order valence-corrected chi connectivity index (χ4v) is 2.80. The van der Waals surface area contributed by atoms with Crippen molar-refractivity contribution in [2.45, 2.75) is 0 Å². The fourth-order valence-electron chi connectivity index (χ4n) is 2.80. The van der Waals surface area contributed by atoms with Crippen LogP contribution in [0.5, 0.6) is 0 Å². The Morgan fingerprint density at radius 1 is 0.885 bits per heavy atom. The van der Waals surface area contributed by atoms with Crippen LogP contribution in [0.1, 0.15) is 10.4 Å². The smallest absolute Gasteiger partial charge is 0.256 e. The molecule has 26 heavy (non-hydrogen) atoms. The minimum Gasteiger partial charge on any atom is -0.383 e. The monoisotopic (exact) mass is 341 g/mol. The van der Waals surface area contributed by atoms with Gasteiger partial charge in [-0.25, -0.2) is 15.0 Å². The summed E-state index contributed by atoms with van der Waals surface area (Å²) >= 11 is 0. The number of carbonyl (C=O) groups excluding carboxylic acids is 1. The average Bonchev–Trinajstić information content (AvgIpc) is 2.69. The van der Waals surface area contributed by atoms with E-state index in [0.717, 1.165) is 22.0 Å². The molecule has 0 unspecified atom stereocenters. The molecular weight excluding hydrogens is 326 g/mol. The Kier molecular flexibility index (Phi) is 3.99. The topological polar surface area (TPSA) is 93.8 Å². The lowest BCUT2D eigenvalue weighted by atomic mass is 9.99. The molecule has 6 heteroatoms. The molecule has 0 saturated carbocycles. The number of pyridine rings is 1. The van der Waals surface area contributed by atoms with Crippen molar-refractivity contribution in [1.29, 1.82) is 0 Å². The zero-order chi connectivity index (χ0) is 17.9. The van der Waals surface area contributed by atoms with Crippen molar-refractivity contribution in [2.24, 2.45) is 0 Å². The summed E-state index contributed by atoms with van der Waals surface area (Å²) in [5.74, 6) is 0.735. The zero-order valence-electron chi connectivity index (χ0n) is 13.8. The number of rotatable bonds is 3. The predicted molar refractivity (Wildman–Crippen MR) is 102 cm³/mol. The first-order chi connectivity index (χ1) is 12.7. The molecule has 2 aromatic carbocycles. The second-order valence-corrected chi connectivity index (χ2v) is 5.71. The van der Waals surface area contributed by atoms with Crippen molar-refractivity contribution >= 4 is 28.4 Å². The highest BCUT2D eigenvalue weighted by Crippen LogP contribution is 2.30. The minimum absolute atomic E-state index is 0.212. The van der Waals surface area contributed by atoms with Gasteiger partial charge in [-0.2, -0.15) is 0 Å². The Labute approximate surface area is 149 Å². The number of fused-ring (bicyclic) bond motifs is 1. The van der Waals surface area contributed by atoms with Crippen LogP contribution in [0.4, 0.5) is 11.6 Å². The summed E-state index contributed by atoms with van der Waals surface area (Å²) in [6, 6.07) is 18.4. The third-order valence-electron chi connectivity index (χ3n) is 4.06.